The summed E-state index contributed by atoms with van der Waals surface area (Å²) in [5.74, 6) is 5.87. The van der Waals surface area contributed by atoms with E-state index in [0.717, 1.165) is 11.5 Å². The molecule has 68 valence electrons. The Labute approximate surface area is 78.5 Å². The molecule has 1 aromatic carbocycles. The van der Waals surface area contributed by atoms with Crippen LogP contribution in [-0.2, 0) is 0 Å². The predicted octanol–water partition coefficient (Wildman–Crippen LogP) is 2.25. The van der Waals surface area contributed by atoms with Crippen LogP contribution < -0.4 is 5.84 Å². The van der Waals surface area contributed by atoms with Crippen LogP contribution in [0.1, 0.15) is 36.3 Å². The fraction of sp³-hybridized carbons (Fsp3) is 0.364. The van der Waals surface area contributed by atoms with E-state index in [2.05, 4.69) is 29.4 Å². The lowest BCUT2D eigenvalue weighted by molar-refractivity contribution is 0.420. The second-order valence-corrected chi connectivity index (χ2v) is 3.57. The molecule has 1 saturated carbocycles. The van der Waals surface area contributed by atoms with E-state index in [1.807, 2.05) is 0 Å². The third-order valence-corrected chi connectivity index (χ3v) is 2.74. The minimum Gasteiger partial charge on any atom is -0.323 e. The summed E-state index contributed by atoms with van der Waals surface area (Å²) in [6, 6.07) is 8.51. The summed E-state index contributed by atoms with van der Waals surface area (Å²) in [4.78, 5) is 0. The van der Waals surface area contributed by atoms with E-state index in [4.69, 9.17) is 5.84 Å². The normalized spacial score (nSPS) is 17.5. The van der Waals surface area contributed by atoms with Crippen molar-refractivity contribution in [2.24, 2.45) is 10.9 Å². The van der Waals surface area contributed by atoms with Crippen molar-refractivity contribution in [2.75, 3.05) is 0 Å². The number of hydrazone groups is 1. The van der Waals surface area contributed by atoms with E-state index in [1.54, 1.807) is 6.21 Å². The van der Waals surface area contributed by atoms with Gasteiger partial charge in [-0.25, -0.2) is 0 Å². The highest BCUT2D eigenvalue weighted by molar-refractivity contribution is 5.79. The fourth-order valence-electron chi connectivity index (χ4n) is 1.68. The van der Waals surface area contributed by atoms with Crippen LogP contribution >= 0.6 is 0 Å². The van der Waals surface area contributed by atoms with Gasteiger partial charge >= 0.3 is 0 Å². The molecule has 0 bridgehead atoms. The minimum absolute atomic E-state index is 0.809. The van der Waals surface area contributed by atoms with Crippen LogP contribution in [0.4, 0.5) is 0 Å². The number of benzene rings is 1. The zero-order chi connectivity index (χ0) is 9.10. The lowest BCUT2D eigenvalue weighted by Gasteiger charge is -2.25. The van der Waals surface area contributed by atoms with Crippen molar-refractivity contribution in [3.8, 4) is 0 Å². The maximum absolute atomic E-state index is 5.07. The molecule has 0 amide bonds. The highest BCUT2D eigenvalue weighted by atomic mass is 15.1. The van der Waals surface area contributed by atoms with Gasteiger partial charge in [-0.05, 0) is 29.9 Å². The molecule has 0 aliphatic heterocycles. The summed E-state index contributed by atoms with van der Waals surface area (Å²) in [7, 11) is 0. The van der Waals surface area contributed by atoms with Crippen molar-refractivity contribution in [1.29, 1.82) is 0 Å². The van der Waals surface area contributed by atoms with Gasteiger partial charge in [-0.15, -0.1) is 0 Å². The monoisotopic (exact) mass is 174 g/mol. The molecule has 0 saturated heterocycles. The first-order valence-corrected chi connectivity index (χ1v) is 4.73. The molecule has 0 heterocycles. The largest absolute Gasteiger partial charge is 0.323 e. The summed E-state index contributed by atoms with van der Waals surface area (Å²) in [6.07, 6.45) is 5.76. The van der Waals surface area contributed by atoms with Crippen LogP contribution in [0.15, 0.2) is 29.4 Å². The topological polar surface area (TPSA) is 38.4 Å². The first-order chi connectivity index (χ1) is 6.40. The second kappa shape index (κ2) is 3.60. The number of hydrogen-bond donors (Lipinski definition) is 1. The molecular weight excluding hydrogens is 160 g/mol. The van der Waals surface area contributed by atoms with Crippen LogP contribution in [0.3, 0.4) is 0 Å². The van der Waals surface area contributed by atoms with Gasteiger partial charge in [0.25, 0.3) is 0 Å². The molecule has 1 aliphatic rings. The average molecular weight is 174 g/mol. The van der Waals surface area contributed by atoms with E-state index in [1.165, 1.54) is 24.8 Å². The highest BCUT2D eigenvalue weighted by Crippen LogP contribution is 2.36. The number of nitrogens with two attached hydrogens (primary N) is 1. The van der Waals surface area contributed by atoms with E-state index in [0.29, 0.717) is 0 Å². The van der Waals surface area contributed by atoms with Crippen LogP contribution in [0.5, 0.6) is 0 Å². The Morgan fingerprint density at radius 3 is 2.38 bits per heavy atom. The standard InChI is InChI=1S/C11H14N2/c12-13-8-9-4-6-11(7-5-9)10-2-1-3-10/h4-8,10H,1-3,12H2/b13-8+. The Bertz CT molecular complexity index is 296. The van der Waals surface area contributed by atoms with Crippen molar-refractivity contribution in [2.45, 2.75) is 25.2 Å². The molecule has 0 radical (unpaired) electrons. The first-order valence-electron chi connectivity index (χ1n) is 4.73. The number of nitrogens with zero attached hydrogens (tertiary/aromatic N) is 1. The summed E-state index contributed by atoms with van der Waals surface area (Å²) in [5.41, 5.74) is 2.53. The van der Waals surface area contributed by atoms with Crippen LogP contribution in [0.25, 0.3) is 0 Å². The van der Waals surface area contributed by atoms with Crippen molar-refractivity contribution in [3.05, 3.63) is 35.4 Å². The number of hydrogen-bond acceptors (Lipinski definition) is 2. The van der Waals surface area contributed by atoms with Gasteiger partial charge in [-0.1, -0.05) is 30.7 Å². The maximum atomic E-state index is 5.07. The predicted molar refractivity (Wildman–Crippen MR) is 54.8 cm³/mol. The second-order valence-electron chi connectivity index (χ2n) is 3.57. The molecule has 0 unspecified atom stereocenters. The van der Waals surface area contributed by atoms with Crippen LogP contribution in [0, 0.1) is 0 Å². The summed E-state index contributed by atoms with van der Waals surface area (Å²) in [6.45, 7) is 0. The third kappa shape index (κ3) is 1.72. The Kier molecular flexibility index (Phi) is 2.30. The number of rotatable bonds is 2. The molecule has 2 N–H and O–H groups in total. The first kappa shape index (κ1) is 8.30. The van der Waals surface area contributed by atoms with Gasteiger partial charge in [0.2, 0.25) is 0 Å². The van der Waals surface area contributed by atoms with Crippen molar-refractivity contribution in [3.63, 3.8) is 0 Å². The van der Waals surface area contributed by atoms with E-state index >= 15 is 0 Å². The lowest BCUT2D eigenvalue weighted by Crippen LogP contribution is -2.08. The Hall–Kier alpha value is -1.31. The van der Waals surface area contributed by atoms with Crippen molar-refractivity contribution in [1.82, 2.24) is 0 Å². The Morgan fingerprint density at radius 2 is 1.92 bits per heavy atom. The smallest absolute Gasteiger partial charge is 0.0538 e. The molecule has 1 aromatic rings. The fourth-order valence-corrected chi connectivity index (χ4v) is 1.68. The van der Waals surface area contributed by atoms with Gasteiger partial charge in [-0.2, -0.15) is 5.10 Å². The average Bonchev–Trinajstić information content (AvgIpc) is 2.06. The van der Waals surface area contributed by atoms with E-state index < -0.39 is 0 Å². The van der Waals surface area contributed by atoms with E-state index in [9.17, 15) is 0 Å². The molecule has 0 spiro atoms. The van der Waals surface area contributed by atoms with Gasteiger partial charge < -0.3 is 5.84 Å². The van der Waals surface area contributed by atoms with Gasteiger partial charge in [0.15, 0.2) is 0 Å². The van der Waals surface area contributed by atoms with Crippen molar-refractivity contribution >= 4 is 6.21 Å². The summed E-state index contributed by atoms with van der Waals surface area (Å²) < 4.78 is 0. The van der Waals surface area contributed by atoms with Crippen LogP contribution in [-0.4, -0.2) is 6.21 Å². The SMILES string of the molecule is N/N=C/c1ccc(C2CCC2)cc1. The molecule has 2 rings (SSSR count). The molecule has 2 heteroatoms. The zero-order valence-corrected chi connectivity index (χ0v) is 7.61. The third-order valence-electron chi connectivity index (χ3n) is 2.74. The molecule has 1 fully saturated rings. The molecule has 0 aromatic heterocycles. The van der Waals surface area contributed by atoms with Gasteiger partial charge in [0, 0.05) is 0 Å². The quantitative estimate of drug-likeness (QED) is 0.417. The molecule has 1 aliphatic carbocycles. The lowest BCUT2D eigenvalue weighted by atomic mass is 9.80. The Morgan fingerprint density at radius 1 is 1.23 bits per heavy atom. The highest BCUT2D eigenvalue weighted by Gasteiger charge is 2.18. The summed E-state index contributed by atoms with van der Waals surface area (Å²) >= 11 is 0. The minimum atomic E-state index is 0.809. The van der Waals surface area contributed by atoms with E-state index in [-0.39, 0.29) is 0 Å². The van der Waals surface area contributed by atoms with Crippen LogP contribution in [0.2, 0.25) is 0 Å². The van der Waals surface area contributed by atoms with Gasteiger partial charge in [0.1, 0.15) is 0 Å². The molecular formula is C11H14N2. The van der Waals surface area contributed by atoms with Crippen molar-refractivity contribution < 1.29 is 0 Å². The van der Waals surface area contributed by atoms with Gasteiger partial charge in [0.05, 0.1) is 6.21 Å². The zero-order valence-electron chi connectivity index (χ0n) is 7.61. The molecule has 0 atom stereocenters. The summed E-state index contributed by atoms with van der Waals surface area (Å²) in [5, 5.41) is 3.49. The molecule has 2 nitrogen and oxygen atoms in total. The Balaban J connectivity index is 2.13. The van der Waals surface area contributed by atoms with Gasteiger partial charge in [-0.3, -0.25) is 0 Å². The molecule has 13 heavy (non-hydrogen) atoms. The maximum Gasteiger partial charge on any atom is 0.0538 e.